The van der Waals surface area contributed by atoms with Crippen LogP contribution in [-0.4, -0.2) is 22.5 Å². The fourth-order valence-electron chi connectivity index (χ4n) is 2.60. The van der Waals surface area contributed by atoms with Gasteiger partial charge in [-0.2, -0.15) is 0 Å². The molecule has 74 valence electrons. The number of likely N-dealkylation sites (tertiary alicyclic amines) is 1. The Morgan fingerprint density at radius 1 is 1.23 bits per heavy atom. The van der Waals surface area contributed by atoms with Crippen molar-refractivity contribution in [1.82, 2.24) is 4.90 Å². The van der Waals surface area contributed by atoms with Crippen LogP contribution in [0.1, 0.15) is 47.0 Å². The number of rotatable bonds is 1. The van der Waals surface area contributed by atoms with Gasteiger partial charge in [0.1, 0.15) is 0 Å². The second-order valence-corrected chi connectivity index (χ2v) is 4.74. The Morgan fingerprint density at radius 3 is 2.08 bits per heavy atom. The third-order valence-electron chi connectivity index (χ3n) is 3.19. The lowest BCUT2D eigenvalue weighted by molar-refractivity contribution is 0.0371. The first kappa shape index (κ1) is 10.6. The Bertz CT molecular complexity index is 202. The Balaban J connectivity index is 2.81. The molecule has 1 nitrogen and oxygen atoms in total. The highest BCUT2D eigenvalue weighted by atomic mass is 15.2. The second kappa shape index (κ2) is 3.72. The summed E-state index contributed by atoms with van der Waals surface area (Å²) in [7, 11) is 0. The molecular weight excluding hydrogens is 158 g/mol. The summed E-state index contributed by atoms with van der Waals surface area (Å²) in [5.41, 5.74) is -0.0841. The summed E-state index contributed by atoms with van der Waals surface area (Å²) in [6, 6.07) is 1.27. The second-order valence-electron chi connectivity index (χ2n) is 4.74. The number of hydrogen-bond donors (Lipinski definition) is 0. The molecule has 0 saturated carbocycles. The summed E-state index contributed by atoms with van der Waals surface area (Å²) >= 11 is 0. The number of nitrogens with zero attached hydrogens (tertiary/aromatic N) is 1. The molecule has 2 atom stereocenters. The van der Waals surface area contributed by atoms with Crippen LogP contribution < -0.4 is 0 Å². The third-order valence-corrected chi connectivity index (χ3v) is 3.19. The average molecular weight is 179 g/mol. The molecule has 0 amide bonds. The zero-order valence-corrected chi connectivity index (χ0v) is 9.30. The molecule has 1 saturated heterocycles. The van der Waals surface area contributed by atoms with Crippen molar-refractivity contribution in [3.8, 4) is 12.3 Å². The minimum atomic E-state index is -0.0841. The molecule has 0 unspecified atom stereocenters. The maximum atomic E-state index is 5.57. The Kier molecular flexibility index (Phi) is 3.03. The Hall–Kier alpha value is -0.480. The fourth-order valence-corrected chi connectivity index (χ4v) is 2.60. The van der Waals surface area contributed by atoms with Gasteiger partial charge in [0, 0.05) is 12.1 Å². The zero-order valence-electron chi connectivity index (χ0n) is 9.30. The van der Waals surface area contributed by atoms with Gasteiger partial charge in [0.25, 0.3) is 0 Å². The van der Waals surface area contributed by atoms with E-state index in [0.717, 1.165) is 0 Å². The molecule has 1 fully saturated rings. The SMILES string of the molecule is C#CC(C)(C)N1[C@H](C)CCC[C@@H]1C. The standard InChI is InChI=1S/C12H21N/c1-6-12(4,5)13-10(2)8-7-9-11(13)3/h1,10-11H,7-9H2,2-5H3/t10-,11+. The van der Waals surface area contributed by atoms with Gasteiger partial charge in [0.15, 0.2) is 0 Å². The predicted octanol–water partition coefficient (Wildman–Crippen LogP) is 2.66. The molecule has 1 heterocycles. The van der Waals surface area contributed by atoms with Crippen molar-refractivity contribution in [2.75, 3.05) is 0 Å². The molecule has 0 bridgehead atoms. The van der Waals surface area contributed by atoms with Gasteiger partial charge in [-0.05, 0) is 40.5 Å². The van der Waals surface area contributed by atoms with Crippen molar-refractivity contribution in [2.24, 2.45) is 0 Å². The van der Waals surface area contributed by atoms with E-state index in [9.17, 15) is 0 Å². The molecule has 0 aliphatic carbocycles. The summed E-state index contributed by atoms with van der Waals surface area (Å²) in [6.45, 7) is 8.86. The van der Waals surface area contributed by atoms with E-state index in [0.29, 0.717) is 12.1 Å². The molecule has 1 aliphatic rings. The van der Waals surface area contributed by atoms with E-state index in [-0.39, 0.29) is 5.54 Å². The average Bonchev–Trinajstić information content (AvgIpc) is 2.03. The molecule has 0 radical (unpaired) electrons. The van der Waals surface area contributed by atoms with Crippen LogP contribution in [0.4, 0.5) is 0 Å². The van der Waals surface area contributed by atoms with Gasteiger partial charge in [0.2, 0.25) is 0 Å². The van der Waals surface area contributed by atoms with Crippen LogP contribution in [-0.2, 0) is 0 Å². The van der Waals surface area contributed by atoms with E-state index in [2.05, 4.69) is 38.5 Å². The summed E-state index contributed by atoms with van der Waals surface area (Å²) in [5, 5.41) is 0. The maximum Gasteiger partial charge on any atom is 0.0770 e. The topological polar surface area (TPSA) is 3.24 Å². The van der Waals surface area contributed by atoms with Gasteiger partial charge in [-0.3, -0.25) is 4.90 Å². The summed E-state index contributed by atoms with van der Waals surface area (Å²) < 4.78 is 0. The molecule has 0 aromatic heterocycles. The monoisotopic (exact) mass is 179 g/mol. The molecule has 1 rings (SSSR count). The minimum Gasteiger partial charge on any atom is -0.282 e. The van der Waals surface area contributed by atoms with E-state index in [4.69, 9.17) is 6.42 Å². The van der Waals surface area contributed by atoms with Crippen LogP contribution in [0.2, 0.25) is 0 Å². The highest BCUT2D eigenvalue weighted by molar-refractivity contribution is 5.11. The Labute approximate surface area is 82.5 Å². The van der Waals surface area contributed by atoms with Crippen LogP contribution >= 0.6 is 0 Å². The van der Waals surface area contributed by atoms with Gasteiger partial charge in [-0.25, -0.2) is 0 Å². The lowest BCUT2D eigenvalue weighted by atomic mass is 9.90. The summed E-state index contributed by atoms with van der Waals surface area (Å²) in [5.74, 6) is 2.90. The lowest BCUT2D eigenvalue weighted by Gasteiger charge is -2.46. The van der Waals surface area contributed by atoms with Gasteiger partial charge in [-0.15, -0.1) is 6.42 Å². The van der Waals surface area contributed by atoms with E-state index in [1.54, 1.807) is 0 Å². The van der Waals surface area contributed by atoms with Crippen LogP contribution in [0.3, 0.4) is 0 Å². The summed E-state index contributed by atoms with van der Waals surface area (Å²) in [6.07, 6.45) is 9.49. The molecular formula is C12H21N. The molecule has 1 aliphatic heterocycles. The smallest absolute Gasteiger partial charge is 0.0770 e. The third kappa shape index (κ3) is 2.06. The number of terminal acetylenes is 1. The molecule has 0 N–H and O–H groups in total. The molecule has 0 aromatic rings. The van der Waals surface area contributed by atoms with Crippen LogP contribution in [0.5, 0.6) is 0 Å². The van der Waals surface area contributed by atoms with E-state index in [1.807, 2.05) is 0 Å². The van der Waals surface area contributed by atoms with Crippen LogP contribution in [0.15, 0.2) is 0 Å². The quantitative estimate of drug-likeness (QED) is 0.559. The molecule has 13 heavy (non-hydrogen) atoms. The van der Waals surface area contributed by atoms with Crippen LogP contribution in [0.25, 0.3) is 0 Å². The van der Waals surface area contributed by atoms with Crippen molar-refractivity contribution in [2.45, 2.75) is 64.6 Å². The van der Waals surface area contributed by atoms with Crippen molar-refractivity contribution in [3.05, 3.63) is 0 Å². The van der Waals surface area contributed by atoms with Gasteiger partial charge in [-0.1, -0.05) is 12.3 Å². The van der Waals surface area contributed by atoms with E-state index in [1.165, 1.54) is 19.3 Å². The largest absolute Gasteiger partial charge is 0.282 e. The van der Waals surface area contributed by atoms with Crippen molar-refractivity contribution in [3.63, 3.8) is 0 Å². The lowest BCUT2D eigenvalue weighted by Crippen LogP contribution is -2.54. The number of piperidine rings is 1. The van der Waals surface area contributed by atoms with E-state index >= 15 is 0 Å². The zero-order chi connectivity index (χ0) is 10.1. The fraction of sp³-hybridized carbons (Fsp3) is 0.833. The highest BCUT2D eigenvalue weighted by Crippen LogP contribution is 2.29. The normalized spacial score (nSPS) is 31.3. The summed E-state index contributed by atoms with van der Waals surface area (Å²) in [4.78, 5) is 2.48. The van der Waals surface area contributed by atoms with Crippen molar-refractivity contribution >= 4 is 0 Å². The van der Waals surface area contributed by atoms with E-state index < -0.39 is 0 Å². The molecule has 0 aromatic carbocycles. The van der Waals surface area contributed by atoms with Gasteiger partial charge >= 0.3 is 0 Å². The first-order chi connectivity index (χ1) is 5.99. The van der Waals surface area contributed by atoms with Crippen molar-refractivity contribution < 1.29 is 0 Å². The first-order valence-corrected chi connectivity index (χ1v) is 5.25. The minimum absolute atomic E-state index is 0.0841. The molecule has 1 heteroatoms. The predicted molar refractivity (Wildman–Crippen MR) is 57.5 cm³/mol. The highest BCUT2D eigenvalue weighted by Gasteiger charge is 2.34. The maximum absolute atomic E-state index is 5.57. The first-order valence-electron chi connectivity index (χ1n) is 5.25. The molecule has 0 spiro atoms. The Morgan fingerprint density at radius 2 is 1.69 bits per heavy atom. The number of hydrogen-bond acceptors (Lipinski definition) is 1. The van der Waals surface area contributed by atoms with Crippen molar-refractivity contribution in [1.29, 1.82) is 0 Å². The van der Waals surface area contributed by atoms with Gasteiger partial charge in [0.05, 0.1) is 5.54 Å². The van der Waals surface area contributed by atoms with Crippen LogP contribution in [0, 0.1) is 12.3 Å². The van der Waals surface area contributed by atoms with Gasteiger partial charge < -0.3 is 0 Å².